The van der Waals surface area contributed by atoms with E-state index in [9.17, 15) is 9.59 Å². The maximum absolute atomic E-state index is 11.9. The van der Waals surface area contributed by atoms with Crippen LogP contribution in [0.15, 0.2) is 48.5 Å². The van der Waals surface area contributed by atoms with Gasteiger partial charge in [-0.15, -0.1) is 5.26 Å². The highest BCUT2D eigenvalue weighted by atomic mass is 16.6. The number of carbonyl (C=O) groups excluding carboxylic acids is 2. The van der Waals surface area contributed by atoms with E-state index < -0.39 is 11.9 Å². The number of nitrogens with zero attached hydrogens (tertiary/aromatic N) is 1. The van der Waals surface area contributed by atoms with E-state index in [1.807, 2.05) is 0 Å². The molecular weight excluding hydrogens is 350 g/mol. The number of rotatable bonds is 7. The van der Waals surface area contributed by atoms with E-state index in [1.165, 1.54) is 24.3 Å². The normalized spacial score (nSPS) is 10.2. The van der Waals surface area contributed by atoms with Gasteiger partial charge in [0, 0.05) is 17.5 Å². The lowest BCUT2D eigenvalue weighted by Crippen LogP contribution is -2.13. The molecule has 138 valence electrons. The summed E-state index contributed by atoms with van der Waals surface area (Å²) in [6.07, 6.45) is 4.34. The zero-order valence-corrected chi connectivity index (χ0v) is 14.3. The van der Waals surface area contributed by atoms with Crippen LogP contribution in [0.25, 0.3) is 6.08 Å². The van der Waals surface area contributed by atoms with Crippen LogP contribution in [-0.4, -0.2) is 25.2 Å². The SMILES string of the molecule is N#COc1ccc(/C=C/C(=O)OCCOC(=O)c2cc(N)cc(N)c2)cc1. The van der Waals surface area contributed by atoms with E-state index in [0.717, 1.165) is 5.56 Å². The number of carbonyl (C=O) groups is 2. The quantitative estimate of drug-likeness (QED) is 0.249. The summed E-state index contributed by atoms with van der Waals surface area (Å²) in [4.78, 5) is 23.5. The second-order valence-electron chi connectivity index (χ2n) is 5.29. The Morgan fingerprint density at radius 1 is 1.00 bits per heavy atom. The van der Waals surface area contributed by atoms with Crippen LogP contribution in [0.1, 0.15) is 15.9 Å². The van der Waals surface area contributed by atoms with Crippen LogP contribution in [0, 0.1) is 11.5 Å². The van der Waals surface area contributed by atoms with Gasteiger partial charge < -0.3 is 25.7 Å². The van der Waals surface area contributed by atoms with Crippen molar-refractivity contribution in [2.45, 2.75) is 0 Å². The summed E-state index contributed by atoms with van der Waals surface area (Å²) in [5, 5.41) is 8.40. The highest BCUT2D eigenvalue weighted by Gasteiger charge is 2.09. The van der Waals surface area contributed by atoms with Gasteiger partial charge in [0.2, 0.25) is 0 Å². The molecule has 0 fully saturated rings. The van der Waals surface area contributed by atoms with Gasteiger partial charge in [-0.3, -0.25) is 0 Å². The Kier molecular flexibility index (Phi) is 6.79. The van der Waals surface area contributed by atoms with Gasteiger partial charge in [0.25, 0.3) is 6.26 Å². The van der Waals surface area contributed by atoms with Gasteiger partial charge in [0.05, 0.1) is 5.56 Å². The fourth-order valence-electron chi connectivity index (χ4n) is 2.07. The molecule has 8 nitrogen and oxygen atoms in total. The summed E-state index contributed by atoms with van der Waals surface area (Å²) in [7, 11) is 0. The molecule has 27 heavy (non-hydrogen) atoms. The lowest BCUT2D eigenvalue weighted by molar-refractivity contribution is -0.138. The Morgan fingerprint density at radius 3 is 2.26 bits per heavy atom. The first-order chi connectivity index (χ1) is 13.0. The number of hydrogen-bond acceptors (Lipinski definition) is 8. The first-order valence-electron chi connectivity index (χ1n) is 7.82. The molecule has 2 aromatic carbocycles. The Labute approximate surface area is 155 Å². The zero-order valence-electron chi connectivity index (χ0n) is 14.3. The molecule has 4 N–H and O–H groups in total. The molecule has 8 heteroatoms. The number of nitrogens with two attached hydrogens (primary N) is 2. The minimum Gasteiger partial charge on any atom is -0.459 e. The van der Waals surface area contributed by atoms with E-state index in [-0.39, 0.29) is 18.8 Å². The molecule has 0 spiro atoms. The van der Waals surface area contributed by atoms with Gasteiger partial charge in [-0.25, -0.2) is 9.59 Å². The fourth-order valence-corrected chi connectivity index (χ4v) is 2.07. The van der Waals surface area contributed by atoms with Gasteiger partial charge in [-0.1, -0.05) is 12.1 Å². The minimum atomic E-state index is -0.611. The number of ether oxygens (including phenoxy) is 3. The Morgan fingerprint density at radius 2 is 1.63 bits per heavy atom. The van der Waals surface area contributed by atoms with Crippen LogP contribution in [-0.2, 0) is 14.3 Å². The molecule has 0 saturated heterocycles. The van der Waals surface area contributed by atoms with Gasteiger partial charge in [0.1, 0.15) is 19.0 Å². The first-order valence-corrected chi connectivity index (χ1v) is 7.82. The highest BCUT2D eigenvalue weighted by Crippen LogP contribution is 2.15. The van der Waals surface area contributed by atoms with Crippen molar-refractivity contribution in [2.75, 3.05) is 24.7 Å². The lowest BCUT2D eigenvalue weighted by atomic mass is 10.2. The van der Waals surface area contributed by atoms with Crippen molar-refractivity contribution in [3.8, 4) is 12.0 Å². The number of anilines is 2. The predicted molar refractivity (Wildman–Crippen MR) is 98.2 cm³/mol. The highest BCUT2D eigenvalue weighted by molar-refractivity contribution is 5.91. The van der Waals surface area contributed by atoms with Crippen LogP contribution in [0.3, 0.4) is 0 Å². The van der Waals surface area contributed by atoms with E-state index in [4.69, 9.17) is 26.2 Å². The van der Waals surface area contributed by atoms with Crippen molar-refractivity contribution in [3.63, 3.8) is 0 Å². The third-order valence-electron chi connectivity index (χ3n) is 3.23. The molecule has 0 atom stereocenters. The van der Waals surface area contributed by atoms with Crippen molar-refractivity contribution in [3.05, 3.63) is 59.7 Å². The molecule has 0 aromatic heterocycles. The molecule has 2 rings (SSSR count). The summed E-state index contributed by atoms with van der Waals surface area (Å²) in [6.45, 7) is -0.199. The monoisotopic (exact) mass is 367 g/mol. The fraction of sp³-hybridized carbons (Fsp3) is 0.105. The molecule has 0 bridgehead atoms. The van der Waals surface area contributed by atoms with E-state index in [2.05, 4.69) is 4.74 Å². The molecule has 0 radical (unpaired) electrons. The second-order valence-corrected chi connectivity index (χ2v) is 5.29. The summed E-state index contributed by atoms with van der Waals surface area (Å²) in [5.41, 5.74) is 12.9. The van der Waals surface area contributed by atoms with Gasteiger partial charge in [-0.05, 0) is 42.0 Å². The number of nitrogen functional groups attached to an aromatic ring is 2. The largest absolute Gasteiger partial charge is 0.459 e. The van der Waals surface area contributed by atoms with Crippen LogP contribution in [0.5, 0.6) is 5.75 Å². The average molecular weight is 367 g/mol. The Bertz CT molecular complexity index is 865. The van der Waals surface area contributed by atoms with Crippen molar-refractivity contribution in [1.29, 1.82) is 5.26 Å². The lowest BCUT2D eigenvalue weighted by Gasteiger charge is -2.06. The molecule has 0 unspecified atom stereocenters. The Balaban J connectivity index is 1.74. The van der Waals surface area contributed by atoms with Crippen molar-refractivity contribution < 1.29 is 23.8 Å². The standard InChI is InChI=1S/C19H17N3O5/c20-12-27-17-4-1-13(2-5-17)3-6-18(23)25-7-8-26-19(24)14-9-15(21)11-16(22)10-14/h1-6,9-11H,7-8,21-22H2/b6-3+. The number of nitriles is 1. The van der Waals surface area contributed by atoms with Crippen LogP contribution in [0.2, 0.25) is 0 Å². The predicted octanol–water partition coefficient (Wildman–Crippen LogP) is 2.12. The third-order valence-corrected chi connectivity index (χ3v) is 3.23. The number of esters is 2. The first kappa shape index (κ1) is 19.3. The van der Waals surface area contributed by atoms with Gasteiger partial charge in [-0.2, -0.15) is 0 Å². The van der Waals surface area contributed by atoms with E-state index >= 15 is 0 Å². The molecule has 0 aliphatic carbocycles. The smallest absolute Gasteiger partial charge is 0.338 e. The molecule has 2 aromatic rings. The third kappa shape index (κ3) is 6.43. The minimum absolute atomic E-state index is 0.0956. The summed E-state index contributed by atoms with van der Waals surface area (Å²) < 4.78 is 14.6. The Hall–Kier alpha value is -3.99. The second kappa shape index (κ2) is 9.48. The van der Waals surface area contributed by atoms with E-state index in [1.54, 1.807) is 36.6 Å². The summed E-state index contributed by atoms with van der Waals surface area (Å²) in [5.74, 6) is -0.794. The molecule has 0 amide bonds. The van der Waals surface area contributed by atoms with Gasteiger partial charge in [0.15, 0.2) is 0 Å². The van der Waals surface area contributed by atoms with E-state index in [0.29, 0.717) is 17.1 Å². The van der Waals surface area contributed by atoms with Crippen LogP contribution >= 0.6 is 0 Å². The number of hydrogen-bond donors (Lipinski definition) is 2. The van der Waals surface area contributed by atoms with Crippen molar-refractivity contribution in [2.24, 2.45) is 0 Å². The summed E-state index contributed by atoms with van der Waals surface area (Å²) >= 11 is 0. The van der Waals surface area contributed by atoms with Crippen LogP contribution in [0.4, 0.5) is 11.4 Å². The molecule has 0 aliphatic heterocycles. The number of benzene rings is 2. The molecule has 0 saturated carbocycles. The van der Waals surface area contributed by atoms with Crippen LogP contribution < -0.4 is 16.2 Å². The molecule has 0 heterocycles. The van der Waals surface area contributed by atoms with Gasteiger partial charge >= 0.3 is 11.9 Å². The van der Waals surface area contributed by atoms with Crippen molar-refractivity contribution in [1.82, 2.24) is 0 Å². The topological polar surface area (TPSA) is 138 Å². The van der Waals surface area contributed by atoms with Crippen molar-refractivity contribution >= 4 is 29.4 Å². The average Bonchev–Trinajstić information content (AvgIpc) is 2.64. The maximum atomic E-state index is 11.9. The molecule has 0 aliphatic rings. The molecular formula is C19H17N3O5. The zero-order chi connectivity index (χ0) is 19.6. The summed E-state index contributed by atoms with van der Waals surface area (Å²) in [6, 6.07) is 11.0. The maximum Gasteiger partial charge on any atom is 0.338 e.